The number of halogens is 1. The lowest BCUT2D eigenvalue weighted by molar-refractivity contribution is 0.501. The van der Waals surface area contributed by atoms with Gasteiger partial charge in [0.2, 0.25) is 0 Å². The molecule has 0 aliphatic heterocycles. The monoisotopic (exact) mass is 301 g/mol. The number of rotatable bonds is 3. The highest BCUT2D eigenvalue weighted by molar-refractivity contribution is 6.31. The smallest absolute Gasteiger partial charge is 0.0834 e. The summed E-state index contributed by atoms with van der Waals surface area (Å²) in [5.74, 6) is 1.83. The van der Waals surface area contributed by atoms with E-state index < -0.39 is 0 Å². The fourth-order valence-corrected chi connectivity index (χ4v) is 4.51. The van der Waals surface area contributed by atoms with E-state index in [9.17, 15) is 0 Å². The molecule has 3 nitrogen and oxygen atoms in total. The van der Waals surface area contributed by atoms with Crippen LogP contribution in [0.1, 0.15) is 42.1 Å². The number of benzene rings is 1. The normalized spacial score (nSPS) is 27.9. The summed E-state index contributed by atoms with van der Waals surface area (Å²) in [6, 6.07) is 8.80. The van der Waals surface area contributed by atoms with Crippen molar-refractivity contribution < 1.29 is 0 Å². The van der Waals surface area contributed by atoms with Crippen molar-refractivity contribution in [2.24, 2.45) is 17.6 Å². The zero-order valence-corrected chi connectivity index (χ0v) is 12.9. The summed E-state index contributed by atoms with van der Waals surface area (Å²) in [6.07, 6.45) is 4.15. The molecule has 0 radical (unpaired) electrons. The minimum absolute atomic E-state index is 0.0129. The quantitative estimate of drug-likeness (QED) is 0.942. The molecule has 1 aromatic carbocycles. The van der Waals surface area contributed by atoms with E-state index in [1.807, 2.05) is 4.68 Å². The van der Waals surface area contributed by atoms with Gasteiger partial charge in [-0.05, 0) is 48.6 Å². The first kappa shape index (κ1) is 13.4. The van der Waals surface area contributed by atoms with E-state index in [0.29, 0.717) is 22.8 Å². The standard InChI is InChI=1S/C17H20ClN3/c1-2-21-17(13(18)9-20-21)16(19)15-12-8-7-10-5-3-4-6-11(10)14(12)15/h3-6,9,12,14-16H,2,7-8,19H2,1H3. The van der Waals surface area contributed by atoms with Gasteiger partial charge in [0.25, 0.3) is 0 Å². The van der Waals surface area contributed by atoms with Crippen molar-refractivity contribution in [3.8, 4) is 0 Å². The molecule has 4 heteroatoms. The second-order valence-corrected chi connectivity index (χ2v) is 6.63. The van der Waals surface area contributed by atoms with Crippen LogP contribution in [0.4, 0.5) is 0 Å². The lowest BCUT2D eigenvalue weighted by Gasteiger charge is -2.15. The van der Waals surface area contributed by atoms with Gasteiger partial charge in [0.05, 0.1) is 23.0 Å². The average molecular weight is 302 g/mol. The van der Waals surface area contributed by atoms with Gasteiger partial charge >= 0.3 is 0 Å². The second-order valence-electron chi connectivity index (χ2n) is 6.22. The summed E-state index contributed by atoms with van der Waals surface area (Å²) < 4.78 is 1.95. The summed E-state index contributed by atoms with van der Waals surface area (Å²) in [5, 5.41) is 5.04. The highest BCUT2D eigenvalue weighted by Crippen LogP contribution is 2.63. The third-order valence-corrected chi connectivity index (χ3v) is 5.55. The number of hydrogen-bond acceptors (Lipinski definition) is 2. The molecular formula is C17H20ClN3. The Bertz CT molecular complexity index is 678. The van der Waals surface area contributed by atoms with Gasteiger partial charge in [-0.1, -0.05) is 35.9 Å². The van der Waals surface area contributed by atoms with Crippen molar-refractivity contribution in [3.05, 3.63) is 52.3 Å². The molecule has 1 aromatic heterocycles. The minimum atomic E-state index is -0.0129. The molecule has 21 heavy (non-hydrogen) atoms. The maximum atomic E-state index is 6.59. The third kappa shape index (κ3) is 1.95. The summed E-state index contributed by atoms with van der Waals surface area (Å²) in [4.78, 5) is 0. The molecule has 4 atom stereocenters. The Balaban J connectivity index is 1.66. The molecule has 2 aliphatic rings. The van der Waals surface area contributed by atoms with Crippen LogP contribution < -0.4 is 5.73 Å². The molecule has 4 unspecified atom stereocenters. The second kappa shape index (κ2) is 4.85. The van der Waals surface area contributed by atoms with Crippen LogP contribution in [-0.4, -0.2) is 9.78 Å². The molecule has 1 saturated carbocycles. The van der Waals surface area contributed by atoms with Crippen LogP contribution in [0.15, 0.2) is 30.5 Å². The molecule has 1 fully saturated rings. The number of hydrogen-bond donors (Lipinski definition) is 1. The lowest BCUT2D eigenvalue weighted by atomic mass is 9.92. The third-order valence-electron chi connectivity index (χ3n) is 5.25. The van der Waals surface area contributed by atoms with Gasteiger partial charge < -0.3 is 5.73 Å². The van der Waals surface area contributed by atoms with Gasteiger partial charge in [-0.15, -0.1) is 0 Å². The molecule has 2 N–H and O–H groups in total. The predicted molar refractivity (Wildman–Crippen MR) is 84.3 cm³/mol. The van der Waals surface area contributed by atoms with Crippen LogP contribution in [0.25, 0.3) is 0 Å². The minimum Gasteiger partial charge on any atom is -0.322 e. The van der Waals surface area contributed by atoms with E-state index >= 15 is 0 Å². The molecule has 110 valence electrons. The topological polar surface area (TPSA) is 43.8 Å². The number of fused-ring (bicyclic) bond motifs is 3. The van der Waals surface area contributed by atoms with Crippen molar-refractivity contribution >= 4 is 11.6 Å². The van der Waals surface area contributed by atoms with Crippen LogP contribution in [0.5, 0.6) is 0 Å². The van der Waals surface area contributed by atoms with Crippen molar-refractivity contribution in [1.29, 1.82) is 0 Å². The average Bonchev–Trinajstić information content (AvgIpc) is 3.14. The van der Waals surface area contributed by atoms with E-state index in [1.54, 1.807) is 6.20 Å². The van der Waals surface area contributed by atoms with Crippen LogP contribution in [-0.2, 0) is 13.0 Å². The van der Waals surface area contributed by atoms with Crippen molar-refractivity contribution in [3.63, 3.8) is 0 Å². The Hall–Kier alpha value is -1.32. The Kier molecular flexibility index (Phi) is 3.09. The summed E-state index contributed by atoms with van der Waals surface area (Å²) in [6.45, 7) is 2.89. The molecule has 2 aromatic rings. The first-order valence-electron chi connectivity index (χ1n) is 7.77. The molecule has 0 spiro atoms. The van der Waals surface area contributed by atoms with Gasteiger partial charge in [-0.3, -0.25) is 4.68 Å². The fraction of sp³-hybridized carbons (Fsp3) is 0.471. The molecule has 4 rings (SSSR count). The van der Waals surface area contributed by atoms with Crippen molar-refractivity contribution in [2.45, 2.75) is 38.3 Å². The van der Waals surface area contributed by atoms with Crippen LogP contribution in [0.3, 0.4) is 0 Å². The molecule has 1 heterocycles. The van der Waals surface area contributed by atoms with Gasteiger partial charge in [-0.25, -0.2) is 0 Å². The van der Waals surface area contributed by atoms with E-state index in [0.717, 1.165) is 12.2 Å². The van der Waals surface area contributed by atoms with Crippen molar-refractivity contribution in [1.82, 2.24) is 9.78 Å². The van der Waals surface area contributed by atoms with Gasteiger partial charge in [0, 0.05) is 6.54 Å². The SMILES string of the molecule is CCn1ncc(Cl)c1C(N)C1C2CCc3ccccc3C21. The number of aryl methyl sites for hydroxylation is 2. The van der Waals surface area contributed by atoms with E-state index in [-0.39, 0.29) is 6.04 Å². The Morgan fingerprint density at radius 2 is 2.24 bits per heavy atom. The summed E-state index contributed by atoms with van der Waals surface area (Å²) >= 11 is 6.32. The maximum absolute atomic E-state index is 6.59. The molecule has 0 saturated heterocycles. The fourth-order valence-electron chi connectivity index (χ4n) is 4.25. The predicted octanol–water partition coefficient (Wildman–Crippen LogP) is 3.53. The largest absolute Gasteiger partial charge is 0.322 e. The molecule has 2 aliphatic carbocycles. The molecule has 0 amide bonds. The lowest BCUT2D eigenvalue weighted by Crippen LogP contribution is -2.19. The number of nitrogens with two attached hydrogens (primary N) is 1. The first-order valence-corrected chi connectivity index (χ1v) is 8.14. The van der Waals surface area contributed by atoms with Gasteiger partial charge in [-0.2, -0.15) is 5.10 Å². The summed E-state index contributed by atoms with van der Waals surface area (Å²) in [7, 11) is 0. The van der Waals surface area contributed by atoms with Crippen LogP contribution in [0, 0.1) is 11.8 Å². The number of nitrogens with zero attached hydrogens (tertiary/aromatic N) is 2. The Morgan fingerprint density at radius 1 is 1.43 bits per heavy atom. The highest BCUT2D eigenvalue weighted by atomic mass is 35.5. The van der Waals surface area contributed by atoms with E-state index in [1.165, 1.54) is 24.0 Å². The van der Waals surface area contributed by atoms with E-state index in [2.05, 4.69) is 36.3 Å². The Morgan fingerprint density at radius 3 is 3.05 bits per heavy atom. The zero-order chi connectivity index (χ0) is 14.6. The molecule has 0 bridgehead atoms. The summed E-state index contributed by atoms with van der Waals surface area (Å²) in [5.41, 5.74) is 10.6. The number of aromatic nitrogens is 2. The van der Waals surface area contributed by atoms with Gasteiger partial charge in [0.15, 0.2) is 0 Å². The highest BCUT2D eigenvalue weighted by Gasteiger charge is 2.56. The van der Waals surface area contributed by atoms with Crippen LogP contribution >= 0.6 is 11.6 Å². The van der Waals surface area contributed by atoms with Gasteiger partial charge in [0.1, 0.15) is 0 Å². The first-order chi connectivity index (χ1) is 10.2. The zero-order valence-electron chi connectivity index (χ0n) is 12.2. The van der Waals surface area contributed by atoms with Crippen molar-refractivity contribution in [2.75, 3.05) is 0 Å². The Labute approximate surface area is 130 Å². The maximum Gasteiger partial charge on any atom is 0.0834 e. The van der Waals surface area contributed by atoms with E-state index in [4.69, 9.17) is 17.3 Å². The van der Waals surface area contributed by atoms with Crippen LogP contribution in [0.2, 0.25) is 5.02 Å². The molecular weight excluding hydrogens is 282 g/mol.